The van der Waals surface area contributed by atoms with Crippen LogP contribution >= 0.6 is 27.3 Å². The molecular weight excluding hydrogens is 575 g/mol. The van der Waals surface area contributed by atoms with Gasteiger partial charge in [0.25, 0.3) is 0 Å². The molecule has 0 nitrogen and oxygen atoms in total. The van der Waals surface area contributed by atoms with E-state index in [4.69, 9.17) is 19.4 Å². The predicted molar refractivity (Wildman–Crippen MR) is 158 cm³/mol. The minimum atomic E-state index is -0.726. The summed E-state index contributed by atoms with van der Waals surface area (Å²) in [5, 5.41) is 3.18. The van der Waals surface area contributed by atoms with Gasteiger partial charge < -0.3 is 0 Å². The molecular formula is C31H42Cl2PRu+. The average molecular weight is 618 g/mol. The van der Waals surface area contributed by atoms with Gasteiger partial charge in [0.2, 0.25) is 0 Å². The minimum absolute atomic E-state index is 0.346. The molecule has 35 heavy (non-hydrogen) atoms. The fourth-order valence-electron chi connectivity index (χ4n) is 5.26. The van der Waals surface area contributed by atoms with E-state index in [0.29, 0.717) is 0 Å². The molecule has 1 saturated carbocycles. The van der Waals surface area contributed by atoms with Crippen molar-refractivity contribution in [2.24, 2.45) is 17.8 Å². The summed E-state index contributed by atoms with van der Waals surface area (Å²) in [7, 11) is 8.98. The van der Waals surface area contributed by atoms with Gasteiger partial charge in [0.15, 0.2) is 0 Å². The molecule has 0 radical (unpaired) electrons. The molecule has 3 aromatic carbocycles. The molecule has 0 bridgehead atoms. The van der Waals surface area contributed by atoms with Crippen LogP contribution in [0.25, 0.3) is 0 Å². The van der Waals surface area contributed by atoms with Crippen LogP contribution in [0, 0.1) is 38.5 Å². The van der Waals surface area contributed by atoms with Gasteiger partial charge in [0, 0.05) is 0 Å². The maximum atomic E-state index is 4.85. The van der Waals surface area contributed by atoms with E-state index >= 15 is 0 Å². The Morgan fingerprint density at radius 2 is 1.29 bits per heavy atom. The molecule has 4 rings (SSSR count). The first kappa shape index (κ1) is 30.5. The Bertz CT molecular complexity index is 938. The Labute approximate surface area is 231 Å². The van der Waals surface area contributed by atoms with E-state index in [1.54, 1.807) is 10.6 Å². The molecule has 1 aliphatic rings. The predicted octanol–water partition coefficient (Wildman–Crippen LogP) is 9.30. The Balaban J connectivity index is 0.000000299. The van der Waals surface area contributed by atoms with E-state index in [-0.39, 0.29) is 15.1 Å². The third-order valence-corrected chi connectivity index (χ3v) is 10.5. The Morgan fingerprint density at radius 3 is 1.71 bits per heavy atom. The van der Waals surface area contributed by atoms with Gasteiger partial charge in [-0.05, 0) is 86.8 Å². The van der Waals surface area contributed by atoms with Crippen LogP contribution in [0.2, 0.25) is 0 Å². The fraction of sp³-hybridized carbons (Fsp3) is 0.419. The standard InChI is InChI=1S/C22H29P.C9H12.2ClH.Ru/c1-17(2)21-15-14-18(3)16-22(21)23(19-10-6-4-7-11-19)20-12-8-5-9-13-20;1-7-4-5-8(2)9(3)6-7;;;/h4-13,17-18,21-22H,14-16H2,1-3H3;4-6H,1-3H3;2*1H;/q;;;;+2/p-1. The molecule has 1 fully saturated rings. The molecule has 1 aliphatic carbocycles. The third kappa shape index (κ3) is 9.93. The van der Waals surface area contributed by atoms with Crippen molar-refractivity contribution < 1.29 is 15.1 Å². The van der Waals surface area contributed by atoms with E-state index < -0.39 is 7.92 Å². The zero-order valence-electron chi connectivity index (χ0n) is 22.0. The first-order valence-electron chi connectivity index (χ1n) is 12.6. The van der Waals surface area contributed by atoms with E-state index in [1.165, 1.54) is 36.0 Å². The first-order chi connectivity index (χ1) is 16.8. The van der Waals surface area contributed by atoms with Crippen LogP contribution in [-0.4, -0.2) is 5.66 Å². The van der Waals surface area contributed by atoms with Gasteiger partial charge in [-0.25, -0.2) is 0 Å². The number of aryl methyl sites for hydroxylation is 3. The summed E-state index contributed by atoms with van der Waals surface area (Å²) < 4.78 is 0. The van der Waals surface area contributed by atoms with Crippen LogP contribution in [0.3, 0.4) is 0 Å². The second-order valence-electron chi connectivity index (χ2n) is 10.2. The molecule has 3 aromatic rings. The van der Waals surface area contributed by atoms with Crippen molar-refractivity contribution >= 4 is 37.9 Å². The molecule has 192 valence electrons. The van der Waals surface area contributed by atoms with Crippen molar-refractivity contribution in [3.63, 3.8) is 0 Å². The molecule has 3 atom stereocenters. The van der Waals surface area contributed by atoms with Crippen LogP contribution in [0.15, 0.2) is 78.9 Å². The van der Waals surface area contributed by atoms with Gasteiger partial charge in [-0.3, -0.25) is 0 Å². The quantitative estimate of drug-likeness (QED) is 0.202. The molecule has 3 unspecified atom stereocenters. The molecule has 0 saturated heterocycles. The van der Waals surface area contributed by atoms with Gasteiger partial charge >= 0.3 is 34.5 Å². The molecule has 0 amide bonds. The topological polar surface area (TPSA) is 0 Å². The summed E-state index contributed by atoms with van der Waals surface area (Å²) in [5.41, 5.74) is 4.96. The Hall–Kier alpha value is -0.707. The number of hydrogen-bond acceptors (Lipinski definition) is 0. The number of halogens is 2. The molecule has 0 aromatic heterocycles. The van der Waals surface area contributed by atoms with E-state index in [2.05, 4.69) is 120 Å². The van der Waals surface area contributed by atoms with Crippen molar-refractivity contribution in [1.29, 1.82) is 0 Å². The maximum absolute atomic E-state index is 4.85. The normalized spacial score (nSPS) is 19.5. The summed E-state index contributed by atoms with van der Waals surface area (Å²) in [6.45, 7) is 13.7. The Morgan fingerprint density at radius 1 is 0.771 bits per heavy atom. The van der Waals surface area contributed by atoms with Crippen LogP contribution in [0.5, 0.6) is 0 Å². The van der Waals surface area contributed by atoms with E-state index in [1.807, 2.05) is 0 Å². The summed E-state index contributed by atoms with van der Waals surface area (Å²) in [5.74, 6) is 2.54. The second kappa shape index (κ2) is 16.2. The number of benzene rings is 3. The molecule has 0 spiro atoms. The van der Waals surface area contributed by atoms with E-state index in [0.717, 1.165) is 23.4 Å². The van der Waals surface area contributed by atoms with Gasteiger partial charge in [0.05, 0.1) is 24.2 Å². The SMILES string of the molecule is CC1CCC(C(C)C)C([PH+](c2ccccc2)c2ccccc2)C1.Cc1ccc(C)c(C)c1.[Cl][Ru][Cl]. The van der Waals surface area contributed by atoms with Crippen molar-refractivity contribution in [2.45, 2.75) is 66.5 Å². The van der Waals surface area contributed by atoms with Crippen LogP contribution < -0.4 is 10.6 Å². The van der Waals surface area contributed by atoms with Gasteiger partial charge in [0.1, 0.15) is 0 Å². The van der Waals surface area contributed by atoms with Crippen LogP contribution in [0.1, 0.15) is 56.7 Å². The summed E-state index contributed by atoms with van der Waals surface area (Å²) in [4.78, 5) is 0. The van der Waals surface area contributed by atoms with Gasteiger partial charge in [-0.15, -0.1) is 0 Å². The van der Waals surface area contributed by atoms with Gasteiger partial charge in [-0.2, -0.15) is 0 Å². The Kier molecular flexibility index (Phi) is 14.1. The van der Waals surface area contributed by atoms with Crippen molar-refractivity contribution in [1.82, 2.24) is 0 Å². The zero-order valence-corrected chi connectivity index (χ0v) is 26.3. The monoisotopic (exact) mass is 617 g/mol. The third-order valence-electron chi connectivity index (χ3n) is 7.23. The number of rotatable bonds is 4. The molecule has 4 heteroatoms. The second-order valence-corrected chi connectivity index (χ2v) is 15.6. The van der Waals surface area contributed by atoms with Crippen LogP contribution in [0.4, 0.5) is 0 Å². The molecule has 0 aliphatic heterocycles. The number of hydrogen-bond donors (Lipinski definition) is 0. The van der Waals surface area contributed by atoms with Gasteiger partial charge in [-0.1, -0.05) is 87.4 Å². The van der Waals surface area contributed by atoms with Crippen molar-refractivity contribution in [3.8, 4) is 0 Å². The summed E-state index contributed by atoms with van der Waals surface area (Å²) >= 11 is -0.346. The van der Waals surface area contributed by atoms with Crippen molar-refractivity contribution in [3.05, 3.63) is 95.6 Å². The van der Waals surface area contributed by atoms with E-state index in [9.17, 15) is 0 Å². The molecule has 0 heterocycles. The molecule has 0 N–H and O–H groups in total. The fourth-order valence-corrected chi connectivity index (χ4v) is 9.17. The average Bonchev–Trinajstić information content (AvgIpc) is 2.84. The summed E-state index contributed by atoms with van der Waals surface area (Å²) in [6, 6.07) is 29.2. The summed E-state index contributed by atoms with van der Waals surface area (Å²) in [6.07, 6.45) is 4.23. The zero-order chi connectivity index (χ0) is 25.8. The van der Waals surface area contributed by atoms with Crippen LogP contribution in [-0.2, 0) is 15.1 Å². The van der Waals surface area contributed by atoms with Crippen molar-refractivity contribution in [2.75, 3.05) is 0 Å². The first-order valence-corrected chi connectivity index (χ1v) is 18.7.